The van der Waals surface area contributed by atoms with Crippen LogP contribution in [0.2, 0.25) is 0 Å². The summed E-state index contributed by atoms with van der Waals surface area (Å²) in [4.78, 5) is 16.8. The van der Waals surface area contributed by atoms with Crippen molar-refractivity contribution in [2.75, 3.05) is 38.5 Å². The number of amides is 1. The second-order valence-electron chi connectivity index (χ2n) is 10.0. The lowest BCUT2D eigenvalue weighted by Crippen LogP contribution is -3.12. The Balaban J connectivity index is 1.35. The highest BCUT2D eigenvalue weighted by Crippen LogP contribution is 2.63. The molecule has 4 heteroatoms. The van der Waals surface area contributed by atoms with E-state index in [9.17, 15) is 4.79 Å². The summed E-state index contributed by atoms with van der Waals surface area (Å²) in [6.45, 7) is 3.83. The quantitative estimate of drug-likeness (QED) is 0.810. The topological polar surface area (TPSA) is 36.8 Å². The highest BCUT2D eigenvalue weighted by atomic mass is 16.2. The van der Waals surface area contributed by atoms with Crippen LogP contribution in [0.3, 0.4) is 0 Å². The molecule has 2 aliphatic carbocycles. The van der Waals surface area contributed by atoms with Crippen molar-refractivity contribution in [1.29, 1.82) is 0 Å². The molecule has 3 fully saturated rings. The number of carbonyl (C=O) groups is 1. The molecule has 4 aliphatic rings. The number of hydrogen-bond donors (Lipinski definition) is 2. The lowest BCUT2D eigenvalue weighted by molar-refractivity contribution is -0.883. The van der Waals surface area contributed by atoms with Gasteiger partial charge in [-0.1, -0.05) is 30.3 Å². The van der Waals surface area contributed by atoms with Crippen molar-refractivity contribution < 1.29 is 9.69 Å². The molecule has 2 N–H and O–H groups in total. The maximum atomic E-state index is 13.2. The molecular weight excluding hydrogens is 370 g/mol. The molecule has 2 aromatic rings. The van der Waals surface area contributed by atoms with Gasteiger partial charge in [0, 0.05) is 11.3 Å². The zero-order chi connectivity index (χ0) is 20.2. The van der Waals surface area contributed by atoms with Crippen molar-refractivity contribution in [3.63, 3.8) is 0 Å². The zero-order valence-corrected chi connectivity index (χ0v) is 17.8. The first-order chi connectivity index (χ1) is 14.7. The SMILES string of the molecule is C[NH+]1CCN(C(=O)c2ccc3c(c2)[C@H]2[C@@H]4CC[C@H](C4)[C@@H]2[C@H](c2ccccc2)N3)CC1. The van der Waals surface area contributed by atoms with Crippen LogP contribution in [0.25, 0.3) is 0 Å². The van der Waals surface area contributed by atoms with Gasteiger partial charge in [0.15, 0.2) is 0 Å². The van der Waals surface area contributed by atoms with E-state index in [-0.39, 0.29) is 5.91 Å². The molecule has 156 valence electrons. The normalized spacial score (nSPS) is 32.4. The van der Waals surface area contributed by atoms with Crippen LogP contribution in [-0.4, -0.2) is 44.0 Å². The largest absolute Gasteiger partial charge is 0.378 e. The van der Waals surface area contributed by atoms with E-state index in [2.05, 4.69) is 65.8 Å². The molecule has 2 saturated carbocycles. The van der Waals surface area contributed by atoms with E-state index in [1.165, 1.54) is 41.0 Å². The van der Waals surface area contributed by atoms with Gasteiger partial charge in [0.05, 0.1) is 39.3 Å². The third-order valence-corrected chi connectivity index (χ3v) is 8.40. The smallest absolute Gasteiger partial charge is 0.254 e. The third kappa shape index (κ3) is 2.88. The minimum absolute atomic E-state index is 0.218. The van der Waals surface area contributed by atoms with Crippen molar-refractivity contribution in [3.05, 3.63) is 65.2 Å². The molecule has 2 aliphatic heterocycles. The fourth-order valence-corrected chi connectivity index (χ4v) is 6.88. The van der Waals surface area contributed by atoms with Crippen molar-refractivity contribution in [2.24, 2.45) is 17.8 Å². The summed E-state index contributed by atoms with van der Waals surface area (Å²) in [5, 5.41) is 3.89. The molecule has 0 unspecified atom stereocenters. The van der Waals surface area contributed by atoms with Crippen molar-refractivity contribution in [2.45, 2.75) is 31.2 Å². The molecule has 0 radical (unpaired) electrons. The highest BCUT2D eigenvalue weighted by molar-refractivity contribution is 5.95. The van der Waals surface area contributed by atoms with Gasteiger partial charge in [0.2, 0.25) is 0 Å². The van der Waals surface area contributed by atoms with E-state index < -0.39 is 0 Å². The summed E-state index contributed by atoms with van der Waals surface area (Å²) in [7, 11) is 2.21. The van der Waals surface area contributed by atoms with Crippen molar-refractivity contribution >= 4 is 11.6 Å². The van der Waals surface area contributed by atoms with E-state index in [0.29, 0.717) is 17.9 Å². The Morgan fingerprint density at radius 1 is 1.03 bits per heavy atom. The van der Waals surface area contributed by atoms with Crippen molar-refractivity contribution in [3.8, 4) is 0 Å². The van der Waals surface area contributed by atoms with Gasteiger partial charge in [-0.3, -0.25) is 4.79 Å². The van der Waals surface area contributed by atoms with Crippen molar-refractivity contribution in [1.82, 2.24) is 4.90 Å². The van der Waals surface area contributed by atoms with E-state index in [4.69, 9.17) is 0 Å². The van der Waals surface area contributed by atoms with E-state index in [0.717, 1.165) is 43.6 Å². The summed E-state index contributed by atoms with van der Waals surface area (Å²) in [6, 6.07) is 17.9. The van der Waals surface area contributed by atoms with Crippen LogP contribution in [0.4, 0.5) is 5.69 Å². The average Bonchev–Trinajstić information content (AvgIpc) is 3.42. The lowest BCUT2D eigenvalue weighted by Gasteiger charge is -2.43. The first kappa shape index (κ1) is 18.4. The van der Waals surface area contributed by atoms with Gasteiger partial charge in [-0.15, -0.1) is 0 Å². The molecule has 2 heterocycles. The standard InChI is InChI=1S/C26H31N3O/c1-28-11-13-29(14-12-28)26(30)20-9-10-22-21(16-20)23-18-7-8-19(15-18)24(23)25(27-22)17-5-3-2-4-6-17/h2-6,9-10,16,18-19,23-25,27H,7-8,11-15H2,1H3/p+1/t18-,19-,23-,24+,25+/m1/s1. The second-order valence-corrected chi connectivity index (χ2v) is 10.0. The number of carbonyl (C=O) groups excluding carboxylic acids is 1. The number of benzene rings is 2. The van der Waals surface area contributed by atoms with Gasteiger partial charge in [-0.2, -0.15) is 0 Å². The van der Waals surface area contributed by atoms with Crippen LogP contribution in [0.1, 0.15) is 52.7 Å². The number of piperazine rings is 1. The Labute approximate surface area is 179 Å². The number of nitrogens with one attached hydrogen (secondary N) is 2. The second kappa shape index (κ2) is 7.12. The Bertz CT molecular complexity index is 950. The molecule has 6 rings (SSSR count). The number of fused-ring (bicyclic) bond motifs is 7. The van der Waals surface area contributed by atoms with Crippen LogP contribution >= 0.6 is 0 Å². The summed E-state index contributed by atoms with van der Waals surface area (Å²) in [6.07, 6.45) is 4.08. The highest BCUT2D eigenvalue weighted by Gasteiger charge is 2.53. The van der Waals surface area contributed by atoms with Crippen LogP contribution in [0.5, 0.6) is 0 Å². The molecule has 1 amide bonds. The lowest BCUT2D eigenvalue weighted by atomic mass is 9.68. The predicted molar refractivity (Wildman–Crippen MR) is 119 cm³/mol. The molecular formula is C26H32N3O+. The molecule has 0 spiro atoms. The molecule has 5 atom stereocenters. The van der Waals surface area contributed by atoms with E-state index in [1.54, 1.807) is 0 Å². The zero-order valence-electron chi connectivity index (χ0n) is 17.8. The molecule has 1 saturated heterocycles. The Morgan fingerprint density at radius 3 is 2.60 bits per heavy atom. The van der Waals surface area contributed by atoms with Gasteiger partial charge in [0.1, 0.15) is 0 Å². The number of nitrogens with zero attached hydrogens (tertiary/aromatic N) is 1. The summed E-state index contributed by atoms with van der Waals surface area (Å²) >= 11 is 0. The van der Waals surface area contributed by atoms with E-state index >= 15 is 0 Å². The molecule has 30 heavy (non-hydrogen) atoms. The first-order valence-electron chi connectivity index (χ1n) is 11.7. The number of quaternary nitrogens is 1. The van der Waals surface area contributed by atoms with Gasteiger partial charge in [-0.25, -0.2) is 0 Å². The van der Waals surface area contributed by atoms with E-state index in [1.807, 2.05) is 0 Å². The Kier molecular flexibility index (Phi) is 4.38. The fraction of sp³-hybridized carbons (Fsp3) is 0.500. The van der Waals surface area contributed by atoms with Gasteiger partial charge >= 0.3 is 0 Å². The first-order valence-corrected chi connectivity index (χ1v) is 11.7. The molecule has 2 aromatic carbocycles. The number of likely N-dealkylation sites (N-methyl/N-ethyl adjacent to an activating group) is 1. The summed E-state index contributed by atoms with van der Waals surface area (Å²) in [5.74, 6) is 3.05. The van der Waals surface area contributed by atoms with Gasteiger partial charge in [-0.05, 0) is 72.3 Å². The summed E-state index contributed by atoms with van der Waals surface area (Å²) < 4.78 is 0. The minimum atomic E-state index is 0.218. The Morgan fingerprint density at radius 2 is 1.80 bits per heavy atom. The van der Waals surface area contributed by atoms with Crippen LogP contribution in [-0.2, 0) is 0 Å². The minimum Gasteiger partial charge on any atom is -0.378 e. The number of rotatable bonds is 2. The summed E-state index contributed by atoms with van der Waals surface area (Å²) in [5.41, 5.74) is 4.95. The number of anilines is 1. The van der Waals surface area contributed by atoms with Crippen LogP contribution in [0.15, 0.2) is 48.5 Å². The van der Waals surface area contributed by atoms with Gasteiger partial charge < -0.3 is 15.1 Å². The van der Waals surface area contributed by atoms with Gasteiger partial charge in [0.25, 0.3) is 5.91 Å². The van der Waals surface area contributed by atoms with Crippen LogP contribution < -0.4 is 10.2 Å². The fourth-order valence-electron chi connectivity index (χ4n) is 6.88. The average molecular weight is 403 g/mol. The predicted octanol–water partition coefficient (Wildman–Crippen LogP) is 2.95. The number of hydrogen-bond acceptors (Lipinski definition) is 2. The molecule has 2 bridgehead atoms. The molecule has 4 nitrogen and oxygen atoms in total. The molecule has 0 aromatic heterocycles. The Hall–Kier alpha value is -2.33. The maximum absolute atomic E-state index is 13.2. The monoisotopic (exact) mass is 402 g/mol. The third-order valence-electron chi connectivity index (χ3n) is 8.40. The van der Waals surface area contributed by atoms with Crippen LogP contribution in [0, 0.1) is 17.8 Å². The maximum Gasteiger partial charge on any atom is 0.254 e.